The van der Waals surface area contributed by atoms with E-state index in [1.165, 1.54) is 270 Å². The number of unbranched alkanes of at least 4 members (excludes halogenated alkanes) is 47. The summed E-state index contributed by atoms with van der Waals surface area (Å²) in [6.07, 6.45) is 64.2. The number of nitrogens with one attached hydrogen (secondary N) is 1. The Morgan fingerprint density at radius 2 is 0.732 bits per heavy atom. The van der Waals surface area contributed by atoms with E-state index in [2.05, 4.69) is 43.5 Å². The minimum absolute atomic E-state index is 0.249. The molecule has 0 aromatic heterocycles. The molecule has 0 spiro atoms. The number of amides is 1. The highest BCUT2D eigenvalue weighted by molar-refractivity contribution is 5.80. The second-order valence-electron chi connectivity index (χ2n) is 25.3. The van der Waals surface area contributed by atoms with Gasteiger partial charge in [-0.15, -0.1) is 0 Å². The van der Waals surface area contributed by atoms with E-state index in [-0.39, 0.29) is 12.8 Å². The van der Waals surface area contributed by atoms with E-state index in [1.54, 1.807) is 0 Å². The Morgan fingerprint density at radius 1 is 0.415 bits per heavy atom. The molecule has 9 atom stereocenters. The Bertz CT molecular complexity index is 1380. The lowest BCUT2D eigenvalue weighted by atomic mass is 9.98. The van der Waals surface area contributed by atoms with Gasteiger partial charge < -0.3 is 50.5 Å². The number of carbonyl (C=O) groups is 1. The Hall–Kier alpha value is -1.41. The van der Waals surface area contributed by atoms with Crippen LogP contribution in [0.3, 0.4) is 0 Å². The van der Waals surface area contributed by atoms with Gasteiger partial charge in [-0.05, 0) is 51.4 Å². The van der Waals surface area contributed by atoms with Crippen molar-refractivity contribution in [2.75, 3.05) is 13.2 Å². The molecule has 1 amide bonds. The predicted octanol–water partition coefficient (Wildman–Crippen LogP) is 17.2. The minimum atomic E-state index is -1.67. The molecule has 0 aliphatic carbocycles. The highest BCUT2D eigenvalue weighted by Crippen LogP contribution is 2.24. The number of aliphatic hydroxyl groups is 7. The lowest BCUT2D eigenvalue weighted by molar-refractivity contribution is -0.303. The SMILES string of the molecule is CCCCCCCCCCCCCCCCCCCCCCCCC/C=C/CC/C=C/CCCC(O)C(O)C(COC1OC(CO)C(O)C(O)C1O)NC(=O)C(O)CCCCCCCCCCCCCCCCCCCCCCCCC. The second-order valence-corrected chi connectivity index (χ2v) is 25.3. The molecule has 8 N–H and O–H groups in total. The van der Waals surface area contributed by atoms with Crippen molar-refractivity contribution in [2.45, 2.75) is 409 Å². The first-order valence-corrected chi connectivity index (χ1v) is 35.7. The molecule has 0 radical (unpaired) electrons. The second kappa shape index (κ2) is 59.9. The van der Waals surface area contributed by atoms with E-state index in [4.69, 9.17) is 9.47 Å². The number of allylic oxidation sites excluding steroid dienone is 4. The first kappa shape index (κ1) is 78.6. The summed E-state index contributed by atoms with van der Waals surface area (Å²) >= 11 is 0. The van der Waals surface area contributed by atoms with E-state index in [0.29, 0.717) is 19.3 Å². The molecule has 486 valence electrons. The fourth-order valence-electron chi connectivity index (χ4n) is 11.8. The van der Waals surface area contributed by atoms with Gasteiger partial charge in [-0.1, -0.05) is 327 Å². The van der Waals surface area contributed by atoms with Crippen LogP contribution in [0.25, 0.3) is 0 Å². The van der Waals surface area contributed by atoms with E-state index in [0.717, 1.165) is 38.5 Å². The fraction of sp³-hybridized carbons (Fsp3) is 0.930. The van der Waals surface area contributed by atoms with Gasteiger partial charge in [-0.2, -0.15) is 0 Å². The van der Waals surface area contributed by atoms with Crippen molar-refractivity contribution in [1.82, 2.24) is 5.32 Å². The van der Waals surface area contributed by atoms with Crippen LogP contribution in [0.5, 0.6) is 0 Å². The smallest absolute Gasteiger partial charge is 0.249 e. The van der Waals surface area contributed by atoms with Crippen LogP contribution in [-0.2, 0) is 14.3 Å². The number of ether oxygens (including phenoxy) is 2. The van der Waals surface area contributed by atoms with Crippen molar-refractivity contribution >= 4 is 5.91 Å². The van der Waals surface area contributed by atoms with Crippen LogP contribution in [0.2, 0.25) is 0 Å². The lowest BCUT2D eigenvalue weighted by Gasteiger charge is -2.40. The summed E-state index contributed by atoms with van der Waals surface area (Å²) in [6, 6.07) is -1.19. The molecule has 11 nitrogen and oxygen atoms in total. The third kappa shape index (κ3) is 46.8. The molecule has 1 heterocycles. The van der Waals surface area contributed by atoms with Crippen LogP contribution in [0.1, 0.15) is 354 Å². The van der Waals surface area contributed by atoms with Crippen molar-refractivity contribution < 1.29 is 50.0 Å². The quantitative estimate of drug-likeness (QED) is 0.0215. The molecule has 82 heavy (non-hydrogen) atoms. The Labute approximate surface area is 505 Å². The summed E-state index contributed by atoms with van der Waals surface area (Å²) in [5.41, 5.74) is 0. The summed E-state index contributed by atoms with van der Waals surface area (Å²) in [6.45, 7) is 3.50. The van der Waals surface area contributed by atoms with Gasteiger partial charge in [0.15, 0.2) is 6.29 Å². The Morgan fingerprint density at radius 3 is 1.09 bits per heavy atom. The van der Waals surface area contributed by atoms with Crippen molar-refractivity contribution in [2.24, 2.45) is 0 Å². The first-order valence-electron chi connectivity index (χ1n) is 35.7. The maximum absolute atomic E-state index is 13.2. The molecule has 1 fully saturated rings. The lowest BCUT2D eigenvalue weighted by Crippen LogP contribution is -2.60. The summed E-state index contributed by atoms with van der Waals surface area (Å²) in [7, 11) is 0. The molecular formula is C71H137NO10. The summed E-state index contributed by atoms with van der Waals surface area (Å²) in [5.74, 6) is -0.703. The highest BCUT2D eigenvalue weighted by Gasteiger charge is 2.44. The Balaban J connectivity index is 2.21. The minimum Gasteiger partial charge on any atom is -0.394 e. The van der Waals surface area contributed by atoms with Crippen LogP contribution >= 0.6 is 0 Å². The zero-order valence-electron chi connectivity index (χ0n) is 53.8. The molecule has 11 heteroatoms. The van der Waals surface area contributed by atoms with E-state index in [1.807, 2.05) is 0 Å². The van der Waals surface area contributed by atoms with Gasteiger partial charge in [-0.25, -0.2) is 0 Å². The van der Waals surface area contributed by atoms with Crippen molar-refractivity contribution in [3.8, 4) is 0 Å². The zero-order valence-corrected chi connectivity index (χ0v) is 53.8. The van der Waals surface area contributed by atoms with Gasteiger partial charge in [0.05, 0.1) is 25.4 Å². The number of hydrogen-bond donors (Lipinski definition) is 8. The summed E-state index contributed by atoms with van der Waals surface area (Å²) in [4.78, 5) is 13.2. The van der Waals surface area contributed by atoms with Crippen LogP contribution in [0.15, 0.2) is 24.3 Å². The van der Waals surface area contributed by atoms with Crippen LogP contribution < -0.4 is 5.32 Å². The highest BCUT2D eigenvalue weighted by atomic mass is 16.7. The van der Waals surface area contributed by atoms with Crippen LogP contribution in [-0.4, -0.2) is 110 Å². The number of rotatable bonds is 63. The molecular weight excluding hydrogens is 1030 g/mol. The summed E-state index contributed by atoms with van der Waals surface area (Å²) < 4.78 is 11.2. The Kier molecular flexibility index (Phi) is 57.4. The van der Waals surface area contributed by atoms with Gasteiger partial charge in [-0.3, -0.25) is 4.79 Å². The molecule has 1 aliphatic rings. The topological polar surface area (TPSA) is 189 Å². The van der Waals surface area contributed by atoms with Gasteiger partial charge in [0, 0.05) is 0 Å². The molecule has 1 aliphatic heterocycles. The molecule has 0 aromatic carbocycles. The zero-order chi connectivity index (χ0) is 59.6. The number of aliphatic hydroxyl groups excluding tert-OH is 7. The molecule has 1 rings (SSSR count). The van der Waals surface area contributed by atoms with Gasteiger partial charge in [0.25, 0.3) is 0 Å². The van der Waals surface area contributed by atoms with Crippen molar-refractivity contribution in [3.63, 3.8) is 0 Å². The average molecular weight is 1160 g/mol. The van der Waals surface area contributed by atoms with E-state index in [9.17, 15) is 40.5 Å². The fourth-order valence-corrected chi connectivity index (χ4v) is 11.8. The van der Waals surface area contributed by atoms with Crippen molar-refractivity contribution in [3.05, 3.63) is 24.3 Å². The largest absolute Gasteiger partial charge is 0.394 e. The number of hydrogen-bond acceptors (Lipinski definition) is 10. The molecule has 0 bridgehead atoms. The normalized spacial score (nSPS) is 19.2. The third-order valence-electron chi connectivity index (χ3n) is 17.5. The number of carbonyl (C=O) groups excluding carboxylic acids is 1. The molecule has 9 unspecified atom stereocenters. The molecule has 0 saturated carbocycles. The molecule has 1 saturated heterocycles. The van der Waals surface area contributed by atoms with Gasteiger partial charge >= 0.3 is 0 Å². The monoisotopic (exact) mass is 1160 g/mol. The summed E-state index contributed by atoms with van der Waals surface area (Å²) in [5, 5.41) is 76.5. The van der Waals surface area contributed by atoms with E-state index >= 15 is 0 Å². The van der Waals surface area contributed by atoms with E-state index < -0.39 is 74.2 Å². The third-order valence-corrected chi connectivity index (χ3v) is 17.5. The van der Waals surface area contributed by atoms with Crippen LogP contribution in [0.4, 0.5) is 0 Å². The van der Waals surface area contributed by atoms with Gasteiger partial charge in [0.2, 0.25) is 5.91 Å². The first-order chi connectivity index (χ1) is 40.2. The standard InChI is InChI=1S/C71H137NO10/c1-3-5-7-9-11-13-15-17-19-21-23-25-27-28-29-30-31-32-33-34-35-37-38-40-42-44-46-48-50-52-54-56-58-63(74)66(76)62(61-81-71-69(79)68(78)67(77)65(60-73)82-71)72-70(80)64(75)59-57-55-53-51-49-47-45-43-41-39-36-26-24-22-20-18-16-14-12-10-8-6-4-2/h42,44,50,52,62-69,71,73-79H,3-41,43,45-49,51,53-61H2,1-2H3,(H,72,80)/b44-42+,52-50+. The maximum atomic E-state index is 13.2. The van der Waals surface area contributed by atoms with Gasteiger partial charge in [0.1, 0.15) is 36.6 Å². The maximum Gasteiger partial charge on any atom is 0.249 e. The van der Waals surface area contributed by atoms with Crippen molar-refractivity contribution in [1.29, 1.82) is 0 Å². The van der Waals surface area contributed by atoms with Crippen LogP contribution in [0, 0.1) is 0 Å². The average Bonchev–Trinajstić information content (AvgIpc) is 3.53. The molecule has 0 aromatic rings. The predicted molar refractivity (Wildman–Crippen MR) is 344 cm³/mol.